The summed E-state index contributed by atoms with van der Waals surface area (Å²) in [4.78, 5) is 12.1. The van der Waals surface area contributed by atoms with Crippen LogP contribution in [0.1, 0.15) is 15.9 Å². The van der Waals surface area contributed by atoms with Crippen LogP contribution in [0.25, 0.3) is 0 Å². The number of carbonyl (C=O) groups is 1. The van der Waals surface area contributed by atoms with Gasteiger partial charge in [-0.15, -0.1) is 0 Å². The van der Waals surface area contributed by atoms with E-state index in [-0.39, 0.29) is 21.6 Å². The molecule has 2 rings (SSSR count). The second-order valence-electron chi connectivity index (χ2n) is 4.14. The van der Waals surface area contributed by atoms with Gasteiger partial charge in [0.25, 0.3) is 5.91 Å². The first-order valence-corrected chi connectivity index (χ1v) is 7.30. The molecule has 0 bridgehead atoms. The quantitative estimate of drug-likeness (QED) is 0.789. The first-order chi connectivity index (χ1) is 9.49. The van der Waals surface area contributed by atoms with E-state index in [4.69, 9.17) is 28.9 Å². The second-order valence-corrected chi connectivity index (χ2v) is 5.77. The first-order valence-electron chi connectivity index (χ1n) is 5.75. The molecule has 2 aromatic carbocycles. The zero-order valence-corrected chi connectivity index (χ0v) is 13.4. The Labute approximate surface area is 135 Å². The lowest BCUT2D eigenvalue weighted by Crippen LogP contribution is -2.23. The maximum Gasteiger partial charge on any atom is 0.251 e. The molecular weight excluding hydrogens is 363 g/mol. The average Bonchev–Trinajstić information content (AvgIpc) is 2.43. The lowest BCUT2D eigenvalue weighted by atomic mass is 10.1. The van der Waals surface area contributed by atoms with E-state index in [2.05, 4.69) is 21.2 Å². The van der Waals surface area contributed by atoms with Crippen molar-refractivity contribution < 1.29 is 4.79 Å². The lowest BCUT2D eigenvalue weighted by molar-refractivity contribution is 0.0951. The van der Waals surface area contributed by atoms with Crippen LogP contribution in [-0.2, 0) is 6.54 Å². The van der Waals surface area contributed by atoms with E-state index in [0.29, 0.717) is 12.1 Å². The van der Waals surface area contributed by atoms with E-state index < -0.39 is 0 Å². The van der Waals surface area contributed by atoms with Crippen LogP contribution >= 0.6 is 39.1 Å². The number of nitrogens with one attached hydrogen (secondary N) is 1. The van der Waals surface area contributed by atoms with E-state index in [1.807, 2.05) is 24.3 Å². The van der Waals surface area contributed by atoms with E-state index in [0.717, 1.165) is 10.0 Å². The van der Waals surface area contributed by atoms with Crippen LogP contribution in [0.2, 0.25) is 10.0 Å². The van der Waals surface area contributed by atoms with Crippen LogP contribution in [0.3, 0.4) is 0 Å². The van der Waals surface area contributed by atoms with E-state index in [1.165, 1.54) is 12.1 Å². The Morgan fingerprint density at radius 1 is 1.25 bits per heavy atom. The van der Waals surface area contributed by atoms with E-state index in [9.17, 15) is 4.79 Å². The average molecular weight is 374 g/mol. The summed E-state index contributed by atoms with van der Waals surface area (Å²) in [5.74, 6) is -0.258. The van der Waals surface area contributed by atoms with Gasteiger partial charge in [-0.25, -0.2) is 0 Å². The smallest absolute Gasteiger partial charge is 0.251 e. The molecule has 0 aliphatic rings. The Kier molecular flexibility index (Phi) is 4.91. The van der Waals surface area contributed by atoms with E-state index in [1.54, 1.807) is 0 Å². The van der Waals surface area contributed by atoms with Crippen molar-refractivity contribution in [2.75, 3.05) is 5.73 Å². The molecule has 0 aliphatic heterocycles. The molecule has 2 aromatic rings. The highest BCUT2D eigenvalue weighted by atomic mass is 79.9. The Morgan fingerprint density at radius 3 is 2.60 bits per heavy atom. The molecule has 3 nitrogen and oxygen atoms in total. The molecule has 0 saturated heterocycles. The topological polar surface area (TPSA) is 55.1 Å². The molecule has 0 heterocycles. The summed E-state index contributed by atoms with van der Waals surface area (Å²) in [6.45, 7) is 0.403. The van der Waals surface area contributed by atoms with Crippen molar-refractivity contribution in [3.8, 4) is 0 Å². The zero-order valence-electron chi connectivity index (χ0n) is 10.3. The lowest BCUT2D eigenvalue weighted by Gasteiger charge is -2.09. The van der Waals surface area contributed by atoms with Gasteiger partial charge in [0.15, 0.2) is 0 Å². The normalized spacial score (nSPS) is 10.3. The van der Waals surface area contributed by atoms with Crippen molar-refractivity contribution in [1.29, 1.82) is 0 Å². The first kappa shape index (κ1) is 15.2. The summed E-state index contributed by atoms with van der Waals surface area (Å²) in [5, 5.41) is 3.32. The highest BCUT2D eigenvalue weighted by Gasteiger charge is 2.11. The number of anilines is 1. The predicted octanol–water partition coefficient (Wildman–Crippen LogP) is 4.27. The minimum Gasteiger partial charge on any atom is -0.397 e. The molecule has 6 heteroatoms. The summed E-state index contributed by atoms with van der Waals surface area (Å²) in [6, 6.07) is 10.7. The minimum absolute atomic E-state index is 0.258. The molecule has 0 radical (unpaired) electrons. The molecule has 0 aliphatic carbocycles. The Hall–Kier alpha value is -1.23. The summed E-state index contributed by atoms with van der Waals surface area (Å²) >= 11 is 15.2. The van der Waals surface area contributed by atoms with Gasteiger partial charge in [-0.05, 0) is 23.8 Å². The number of nitrogens with two attached hydrogens (primary N) is 1. The third-order valence-corrected chi connectivity index (χ3v) is 4.31. The van der Waals surface area contributed by atoms with Crippen molar-refractivity contribution in [1.82, 2.24) is 5.32 Å². The summed E-state index contributed by atoms with van der Waals surface area (Å²) < 4.78 is 0.939. The molecule has 0 aromatic heterocycles. The fourth-order valence-corrected chi connectivity index (χ4v) is 2.42. The molecule has 3 N–H and O–H groups in total. The summed E-state index contributed by atoms with van der Waals surface area (Å²) in [6.07, 6.45) is 0. The molecule has 1 amide bonds. The van der Waals surface area contributed by atoms with Crippen molar-refractivity contribution in [3.63, 3.8) is 0 Å². The highest BCUT2D eigenvalue weighted by Crippen LogP contribution is 2.29. The number of halogens is 3. The number of benzene rings is 2. The molecule has 0 atom stereocenters. The maximum absolute atomic E-state index is 12.1. The van der Waals surface area contributed by atoms with Crippen molar-refractivity contribution in [2.45, 2.75) is 6.54 Å². The number of nitrogen functional groups attached to an aromatic ring is 1. The Balaban J connectivity index is 2.11. The number of rotatable bonds is 3. The second kappa shape index (κ2) is 6.48. The molecule has 104 valence electrons. The molecule has 20 heavy (non-hydrogen) atoms. The monoisotopic (exact) mass is 372 g/mol. The SMILES string of the molecule is Nc1cc(C(=O)NCc2ccccc2Br)cc(Cl)c1Cl. The van der Waals surface area contributed by atoms with Crippen molar-refractivity contribution in [3.05, 3.63) is 62.0 Å². The van der Waals surface area contributed by atoms with Gasteiger partial charge in [0.05, 0.1) is 15.7 Å². The number of hydrogen-bond donors (Lipinski definition) is 2. The molecule has 0 saturated carbocycles. The van der Waals surface area contributed by atoms with Crippen LogP contribution in [0.4, 0.5) is 5.69 Å². The van der Waals surface area contributed by atoms with Crippen LogP contribution in [-0.4, -0.2) is 5.91 Å². The Bertz CT molecular complexity index is 638. The van der Waals surface area contributed by atoms with Crippen LogP contribution in [0.15, 0.2) is 40.9 Å². The Morgan fingerprint density at radius 2 is 1.95 bits per heavy atom. The summed E-state index contributed by atoms with van der Waals surface area (Å²) in [5.41, 5.74) is 7.33. The van der Waals surface area contributed by atoms with Crippen LogP contribution < -0.4 is 11.1 Å². The molecule has 0 spiro atoms. The largest absolute Gasteiger partial charge is 0.397 e. The molecule has 0 unspecified atom stereocenters. The minimum atomic E-state index is -0.258. The van der Waals surface area contributed by atoms with E-state index >= 15 is 0 Å². The zero-order chi connectivity index (χ0) is 14.7. The maximum atomic E-state index is 12.1. The van der Waals surface area contributed by atoms with Gasteiger partial charge in [0.2, 0.25) is 0 Å². The third kappa shape index (κ3) is 3.45. The standard InChI is InChI=1S/C14H11BrCl2N2O/c15-10-4-2-1-3-8(10)7-19-14(20)9-5-11(16)13(17)12(18)6-9/h1-6H,7,18H2,(H,19,20). The van der Waals surface area contributed by atoms with Gasteiger partial charge in [-0.3, -0.25) is 4.79 Å². The van der Waals surface area contributed by atoms with Crippen molar-refractivity contribution in [2.24, 2.45) is 0 Å². The number of carbonyl (C=O) groups excluding carboxylic acids is 1. The number of hydrogen-bond acceptors (Lipinski definition) is 2. The van der Waals surface area contributed by atoms with Crippen LogP contribution in [0, 0.1) is 0 Å². The molecule has 0 fully saturated rings. The van der Waals surface area contributed by atoms with Gasteiger partial charge >= 0.3 is 0 Å². The fraction of sp³-hybridized carbons (Fsp3) is 0.0714. The van der Waals surface area contributed by atoms with Crippen molar-refractivity contribution >= 4 is 50.7 Å². The van der Waals surface area contributed by atoms with Gasteiger partial charge in [-0.1, -0.05) is 57.3 Å². The van der Waals surface area contributed by atoms with Gasteiger partial charge < -0.3 is 11.1 Å². The third-order valence-electron chi connectivity index (χ3n) is 2.72. The highest BCUT2D eigenvalue weighted by molar-refractivity contribution is 9.10. The summed E-state index contributed by atoms with van der Waals surface area (Å²) in [7, 11) is 0. The van der Waals surface area contributed by atoms with Crippen LogP contribution in [0.5, 0.6) is 0 Å². The van der Waals surface area contributed by atoms with Gasteiger partial charge in [0.1, 0.15) is 0 Å². The fourth-order valence-electron chi connectivity index (χ4n) is 1.66. The van der Waals surface area contributed by atoms with Gasteiger partial charge in [0, 0.05) is 16.6 Å². The predicted molar refractivity (Wildman–Crippen MR) is 86.2 cm³/mol. The number of amides is 1. The molecular formula is C14H11BrCl2N2O. The van der Waals surface area contributed by atoms with Gasteiger partial charge in [-0.2, -0.15) is 0 Å².